The maximum Gasteiger partial charge on any atom is 0.0638 e. The van der Waals surface area contributed by atoms with E-state index in [1.54, 1.807) is 0 Å². The van der Waals surface area contributed by atoms with Crippen LogP contribution in [0.2, 0.25) is 0 Å². The monoisotopic (exact) mass is 235 g/mol. The van der Waals surface area contributed by atoms with Crippen molar-refractivity contribution in [2.24, 2.45) is 0 Å². The van der Waals surface area contributed by atoms with Gasteiger partial charge in [0.05, 0.1) is 5.44 Å². The maximum absolute atomic E-state index is 4.62. The van der Waals surface area contributed by atoms with E-state index in [-0.39, 0.29) is 7.92 Å². The molecule has 2 heteroatoms. The molecule has 0 radical (unpaired) electrons. The van der Waals surface area contributed by atoms with Crippen molar-refractivity contribution < 1.29 is 0 Å². The molecule has 1 heterocycles. The first-order valence-electron chi connectivity index (χ1n) is 6.29. The highest BCUT2D eigenvalue weighted by molar-refractivity contribution is 7.67. The van der Waals surface area contributed by atoms with E-state index in [9.17, 15) is 0 Å². The Kier molecular flexibility index (Phi) is 3.64. The predicted octanol–water partition coefficient (Wildman–Crippen LogP) is 3.93. The third-order valence-electron chi connectivity index (χ3n) is 3.31. The second-order valence-electron chi connectivity index (χ2n) is 5.67. The van der Waals surface area contributed by atoms with Crippen LogP contribution in [0.1, 0.15) is 46.5 Å². The molecule has 1 atom stereocenters. The average Bonchev–Trinajstić information content (AvgIpc) is 2.71. The molecule has 0 N–H and O–H groups in total. The van der Waals surface area contributed by atoms with E-state index in [1.807, 2.05) is 12.3 Å². The fourth-order valence-corrected chi connectivity index (χ4v) is 6.21. The minimum atomic E-state index is -0.109. The normalized spacial score (nSPS) is 19.9. The minimum Gasteiger partial charge on any atom is -0.257 e. The van der Waals surface area contributed by atoms with Crippen molar-refractivity contribution in [1.29, 1.82) is 0 Å². The van der Waals surface area contributed by atoms with Gasteiger partial charge in [-0.3, -0.25) is 4.98 Å². The topological polar surface area (TPSA) is 12.9 Å². The van der Waals surface area contributed by atoms with Crippen LogP contribution in [0.15, 0.2) is 24.4 Å². The lowest BCUT2D eigenvalue weighted by atomic mass is 10.2. The molecular formula is C14H22NP. The van der Waals surface area contributed by atoms with Crippen molar-refractivity contribution in [3.63, 3.8) is 0 Å². The number of hydrogen-bond donors (Lipinski definition) is 0. The molecule has 1 aliphatic rings. The molecule has 0 amide bonds. The number of nitrogens with zero attached hydrogens (tertiary/aromatic N) is 1. The summed E-state index contributed by atoms with van der Waals surface area (Å²) in [7, 11) is -0.109. The van der Waals surface area contributed by atoms with Gasteiger partial charge in [-0.1, -0.05) is 39.7 Å². The van der Waals surface area contributed by atoms with Gasteiger partial charge in [0.1, 0.15) is 0 Å². The van der Waals surface area contributed by atoms with Crippen LogP contribution in [0.25, 0.3) is 0 Å². The van der Waals surface area contributed by atoms with Crippen molar-refractivity contribution in [2.45, 2.75) is 57.3 Å². The molecule has 1 saturated carbocycles. The average molecular weight is 235 g/mol. The van der Waals surface area contributed by atoms with Crippen LogP contribution in [0.5, 0.6) is 0 Å². The van der Waals surface area contributed by atoms with Crippen LogP contribution in [0.4, 0.5) is 0 Å². The number of pyridine rings is 1. The molecule has 0 unspecified atom stereocenters. The van der Waals surface area contributed by atoms with E-state index in [4.69, 9.17) is 0 Å². The smallest absolute Gasteiger partial charge is 0.0638 e. The van der Waals surface area contributed by atoms with E-state index < -0.39 is 0 Å². The molecule has 0 aromatic carbocycles. The van der Waals surface area contributed by atoms with Gasteiger partial charge < -0.3 is 0 Å². The summed E-state index contributed by atoms with van der Waals surface area (Å²) >= 11 is 0. The third kappa shape index (κ3) is 2.63. The molecule has 0 bridgehead atoms. The summed E-state index contributed by atoms with van der Waals surface area (Å²) in [6, 6.07) is 6.39. The van der Waals surface area contributed by atoms with Gasteiger partial charge in [-0.2, -0.15) is 0 Å². The van der Waals surface area contributed by atoms with Gasteiger partial charge in [-0.15, -0.1) is 0 Å². The minimum absolute atomic E-state index is 0.109. The van der Waals surface area contributed by atoms with E-state index in [0.29, 0.717) is 5.16 Å². The first-order valence-corrected chi connectivity index (χ1v) is 7.70. The quantitative estimate of drug-likeness (QED) is 0.708. The third-order valence-corrected chi connectivity index (χ3v) is 6.76. The first kappa shape index (κ1) is 12.0. The molecular weight excluding hydrogens is 213 g/mol. The largest absolute Gasteiger partial charge is 0.257 e. The van der Waals surface area contributed by atoms with Crippen molar-refractivity contribution in [3.8, 4) is 0 Å². The Balaban J connectivity index is 2.28. The van der Waals surface area contributed by atoms with Gasteiger partial charge in [-0.05, 0) is 43.7 Å². The molecule has 0 spiro atoms. The second-order valence-corrected chi connectivity index (χ2v) is 8.94. The number of rotatable bonds is 2. The molecule has 1 aromatic heterocycles. The van der Waals surface area contributed by atoms with Crippen molar-refractivity contribution in [3.05, 3.63) is 24.4 Å². The van der Waals surface area contributed by atoms with Crippen LogP contribution in [0.3, 0.4) is 0 Å². The SMILES string of the molecule is CC(C)(C)[P@@](c1ccccn1)C1CCCC1. The highest BCUT2D eigenvalue weighted by Gasteiger charge is 2.35. The van der Waals surface area contributed by atoms with E-state index in [2.05, 4.69) is 37.9 Å². The standard InChI is InChI=1S/C14H22NP/c1-14(2,3)16(12-8-4-5-9-12)13-10-6-7-11-15-13/h6-7,10-12H,4-5,8-9H2,1-3H3/t16-/m1/s1. The molecule has 1 fully saturated rings. The summed E-state index contributed by atoms with van der Waals surface area (Å²) < 4.78 is 0. The highest BCUT2D eigenvalue weighted by atomic mass is 31.1. The molecule has 1 aromatic rings. The number of hydrogen-bond acceptors (Lipinski definition) is 1. The van der Waals surface area contributed by atoms with Crippen molar-refractivity contribution in [1.82, 2.24) is 4.98 Å². The summed E-state index contributed by atoms with van der Waals surface area (Å²) in [6.07, 6.45) is 7.63. The summed E-state index contributed by atoms with van der Waals surface area (Å²) in [5, 5.41) is 0.388. The summed E-state index contributed by atoms with van der Waals surface area (Å²) in [5.41, 5.74) is 2.27. The van der Waals surface area contributed by atoms with Gasteiger partial charge in [0, 0.05) is 6.20 Å². The van der Waals surface area contributed by atoms with Crippen LogP contribution in [0, 0.1) is 0 Å². The van der Waals surface area contributed by atoms with Gasteiger partial charge >= 0.3 is 0 Å². The van der Waals surface area contributed by atoms with Gasteiger partial charge in [-0.25, -0.2) is 0 Å². The zero-order chi connectivity index (χ0) is 11.6. The Morgan fingerprint density at radius 2 is 1.88 bits per heavy atom. The lowest BCUT2D eigenvalue weighted by molar-refractivity contribution is 0.757. The Morgan fingerprint density at radius 1 is 1.19 bits per heavy atom. The summed E-state index contributed by atoms with van der Waals surface area (Å²) in [5.74, 6) is 0. The molecule has 88 valence electrons. The highest BCUT2D eigenvalue weighted by Crippen LogP contribution is 2.56. The van der Waals surface area contributed by atoms with E-state index >= 15 is 0 Å². The molecule has 1 aliphatic carbocycles. The lowest BCUT2D eigenvalue weighted by Gasteiger charge is -2.35. The van der Waals surface area contributed by atoms with Crippen molar-refractivity contribution >= 4 is 13.4 Å². The summed E-state index contributed by atoms with van der Waals surface area (Å²) in [4.78, 5) is 4.62. The van der Waals surface area contributed by atoms with Crippen molar-refractivity contribution in [2.75, 3.05) is 0 Å². The second kappa shape index (κ2) is 4.84. The lowest BCUT2D eigenvalue weighted by Crippen LogP contribution is -2.27. The fourth-order valence-electron chi connectivity index (χ4n) is 2.74. The Bertz CT molecular complexity index is 322. The van der Waals surface area contributed by atoms with Gasteiger partial charge in [0.2, 0.25) is 0 Å². The fraction of sp³-hybridized carbons (Fsp3) is 0.643. The summed E-state index contributed by atoms with van der Waals surface area (Å²) in [6.45, 7) is 7.14. The molecule has 0 aliphatic heterocycles. The first-order chi connectivity index (χ1) is 7.59. The van der Waals surface area contributed by atoms with E-state index in [0.717, 1.165) is 5.66 Å². The maximum atomic E-state index is 4.62. The van der Waals surface area contributed by atoms with Gasteiger partial charge in [0.15, 0.2) is 0 Å². The molecule has 0 saturated heterocycles. The molecule has 1 nitrogen and oxygen atoms in total. The Labute approximate surface area is 100 Å². The Morgan fingerprint density at radius 3 is 2.38 bits per heavy atom. The van der Waals surface area contributed by atoms with Crippen LogP contribution in [-0.2, 0) is 0 Å². The Hall–Kier alpha value is -0.420. The van der Waals surface area contributed by atoms with Crippen LogP contribution in [-0.4, -0.2) is 15.8 Å². The zero-order valence-corrected chi connectivity index (χ0v) is 11.5. The van der Waals surface area contributed by atoms with E-state index in [1.165, 1.54) is 31.1 Å². The number of aromatic nitrogens is 1. The van der Waals surface area contributed by atoms with Crippen LogP contribution < -0.4 is 5.44 Å². The molecule has 2 rings (SSSR count). The van der Waals surface area contributed by atoms with Gasteiger partial charge in [0.25, 0.3) is 0 Å². The van der Waals surface area contributed by atoms with Crippen LogP contribution >= 0.6 is 7.92 Å². The predicted molar refractivity (Wildman–Crippen MR) is 72.8 cm³/mol. The molecule has 16 heavy (non-hydrogen) atoms. The zero-order valence-electron chi connectivity index (χ0n) is 10.6.